The number of phenols is 1. The van der Waals surface area contributed by atoms with E-state index in [9.17, 15) is 14.7 Å². The second-order valence-electron chi connectivity index (χ2n) is 9.85. The van der Waals surface area contributed by atoms with Crippen LogP contribution in [0.25, 0.3) is 18.2 Å². The van der Waals surface area contributed by atoms with Gasteiger partial charge in [0.05, 0.1) is 4.91 Å². The van der Waals surface area contributed by atoms with Crippen molar-refractivity contribution in [1.29, 1.82) is 0 Å². The zero-order valence-corrected chi connectivity index (χ0v) is 22.5. The zero-order chi connectivity index (χ0) is 26.4. The van der Waals surface area contributed by atoms with Crippen LogP contribution in [0.3, 0.4) is 0 Å². The fourth-order valence-electron chi connectivity index (χ4n) is 5.76. The Bertz CT molecular complexity index is 1530. The second kappa shape index (κ2) is 9.89. The minimum atomic E-state index is -0.352. The van der Waals surface area contributed by atoms with Gasteiger partial charge in [-0.25, -0.2) is 4.90 Å². The molecule has 1 saturated heterocycles. The number of phenolic OH excluding ortho intramolecular Hbond substituents is 1. The first-order valence-corrected chi connectivity index (χ1v) is 13.9. The summed E-state index contributed by atoms with van der Waals surface area (Å²) in [6.45, 7) is 1.36. The van der Waals surface area contributed by atoms with Gasteiger partial charge >= 0.3 is 0 Å². The van der Waals surface area contributed by atoms with Gasteiger partial charge in [0.1, 0.15) is 5.75 Å². The van der Waals surface area contributed by atoms with Crippen molar-refractivity contribution in [1.82, 2.24) is 4.90 Å². The molecule has 3 aliphatic rings. The number of carbonyl (C=O) groups is 2. The molecule has 5 nitrogen and oxygen atoms in total. The van der Waals surface area contributed by atoms with E-state index < -0.39 is 0 Å². The molecule has 190 valence electrons. The lowest BCUT2D eigenvalue weighted by Gasteiger charge is -2.27. The largest absolute Gasteiger partial charge is 0.508 e. The third-order valence-electron chi connectivity index (χ3n) is 7.44. The van der Waals surface area contributed by atoms with Crippen LogP contribution in [0.4, 0.5) is 11.4 Å². The molecule has 0 spiro atoms. The highest BCUT2D eigenvalue weighted by Gasteiger charge is 2.42. The lowest BCUT2D eigenvalue weighted by atomic mass is 9.96. The van der Waals surface area contributed by atoms with Crippen molar-refractivity contribution in [3.8, 4) is 5.75 Å². The maximum atomic E-state index is 12.7. The lowest BCUT2D eigenvalue weighted by molar-refractivity contribution is -0.135. The number of thioether (sulfide) groups is 1. The molecule has 0 aromatic heterocycles. The second-order valence-corrected chi connectivity index (χ2v) is 11.5. The summed E-state index contributed by atoms with van der Waals surface area (Å²) >= 11 is 6.42. The predicted octanol–water partition coefficient (Wildman–Crippen LogP) is 7.10. The van der Waals surface area contributed by atoms with Gasteiger partial charge in [0.25, 0.3) is 5.91 Å². The topological polar surface area (TPSA) is 60.9 Å². The molecule has 2 unspecified atom stereocenters. The van der Waals surface area contributed by atoms with Gasteiger partial charge in [0, 0.05) is 30.3 Å². The van der Waals surface area contributed by atoms with Gasteiger partial charge in [-0.3, -0.25) is 9.59 Å². The maximum absolute atomic E-state index is 12.7. The summed E-state index contributed by atoms with van der Waals surface area (Å²) in [5.41, 5.74) is 6.71. The van der Waals surface area contributed by atoms with E-state index in [2.05, 4.69) is 47.4 Å². The number of amides is 2. The number of anilines is 2. The molecule has 2 amide bonds. The average Bonchev–Trinajstić information content (AvgIpc) is 3.56. The minimum Gasteiger partial charge on any atom is -0.508 e. The van der Waals surface area contributed by atoms with Crippen LogP contribution in [0.15, 0.2) is 71.6 Å². The Kier molecular flexibility index (Phi) is 6.41. The third-order valence-corrected chi connectivity index (χ3v) is 8.74. The molecule has 1 aliphatic carbocycles. The van der Waals surface area contributed by atoms with E-state index in [4.69, 9.17) is 12.2 Å². The number of hydrogen-bond donors (Lipinski definition) is 1. The summed E-state index contributed by atoms with van der Waals surface area (Å²) < 4.78 is 0.289. The lowest BCUT2D eigenvalue weighted by Crippen LogP contribution is -2.32. The van der Waals surface area contributed by atoms with Gasteiger partial charge in [-0.2, -0.15) is 0 Å². The quantitative estimate of drug-likeness (QED) is 0.217. The zero-order valence-electron chi connectivity index (χ0n) is 20.8. The van der Waals surface area contributed by atoms with E-state index in [1.165, 1.54) is 42.0 Å². The van der Waals surface area contributed by atoms with Gasteiger partial charge in [0.2, 0.25) is 5.91 Å². The van der Waals surface area contributed by atoms with Crippen LogP contribution in [-0.2, 0) is 9.59 Å². The van der Waals surface area contributed by atoms with E-state index in [-0.39, 0.29) is 21.9 Å². The number of benzene rings is 3. The van der Waals surface area contributed by atoms with Crippen molar-refractivity contribution in [2.45, 2.75) is 38.1 Å². The van der Waals surface area contributed by atoms with Crippen LogP contribution in [0.1, 0.15) is 54.4 Å². The number of aromatic hydroxyl groups is 1. The van der Waals surface area contributed by atoms with Crippen LogP contribution in [0.2, 0.25) is 0 Å². The highest BCUT2D eigenvalue weighted by atomic mass is 32.2. The standard InChI is InChI=1S/C31H26N2O3S2/c1-19(34)32-30(36)29(38-31(32)37)18-22-12-15-28-26(17-22)25-6-3-7-27(25)33(28)23-13-10-20(11-14-23)8-9-21-4-2-5-24(35)16-21/h2,4-5,8-18,25,27,35H,3,6-7H2,1H3/b9-8+,29-18+. The maximum Gasteiger partial charge on any atom is 0.273 e. The summed E-state index contributed by atoms with van der Waals surface area (Å²) in [5.74, 6) is 0.0212. The monoisotopic (exact) mass is 538 g/mol. The van der Waals surface area contributed by atoms with Crippen LogP contribution in [-0.4, -0.2) is 32.2 Å². The molecule has 2 atom stereocenters. The molecule has 3 aromatic rings. The highest BCUT2D eigenvalue weighted by Crippen LogP contribution is 2.52. The smallest absolute Gasteiger partial charge is 0.273 e. The number of imide groups is 1. The first-order chi connectivity index (χ1) is 18.4. The van der Waals surface area contributed by atoms with Crippen LogP contribution in [0.5, 0.6) is 5.75 Å². The summed E-state index contributed by atoms with van der Waals surface area (Å²) in [6, 6.07) is 22.6. The van der Waals surface area contributed by atoms with Gasteiger partial charge in [-0.05, 0) is 77.6 Å². The van der Waals surface area contributed by atoms with Gasteiger partial charge in [-0.15, -0.1) is 0 Å². The predicted molar refractivity (Wildman–Crippen MR) is 158 cm³/mol. The number of hydrogen-bond acceptors (Lipinski definition) is 6. The fraction of sp³-hybridized carbons (Fsp3) is 0.194. The van der Waals surface area contributed by atoms with Crippen LogP contribution >= 0.6 is 24.0 Å². The Morgan fingerprint density at radius 1 is 1.00 bits per heavy atom. The Morgan fingerprint density at radius 3 is 2.50 bits per heavy atom. The third kappa shape index (κ3) is 4.46. The van der Waals surface area contributed by atoms with E-state index in [1.807, 2.05) is 30.4 Å². The molecule has 3 aromatic carbocycles. The Labute approximate surface area is 231 Å². The number of rotatable bonds is 4. The molecule has 7 heteroatoms. The van der Waals surface area contributed by atoms with Gasteiger partial charge < -0.3 is 10.0 Å². The molecule has 0 bridgehead atoms. The number of thiocarbonyl (C=S) groups is 1. The molecular weight excluding hydrogens is 512 g/mol. The normalized spacial score (nSPS) is 21.6. The Hall–Kier alpha value is -3.68. The summed E-state index contributed by atoms with van der Waals surface area (Å²) in [6.07, 6.45) is 9.38. The molecule has 1 saturated carbocycles. The summed E-state index contributed by atoms with van der Waals surface area (Å²) in [5, 5.41) is 9.69. The number of nitrogens with zero attached hydrogens (tertiary/aromatic N) is 2. The van der Waals surface area contributed by atoms with E-state index in [0.29, 0.717) is 16.9 Å². The number of fused-ring (bicyclic) bond motifs is 3. The van der Waals surface area contributed by atoms with Crippen molar-refractivity contribution < 1.29 is 14.7 Å². The molecule has 2 fully saturated rings. The van der Waals surface area contributed by atoms with E-state index in [1.54, 1.807) is 12.1 Å². The molecule has 6 rings (SSSR count). The number of carbonyl (C=O) groups excluding carboxylic acids is 2. The van der Waals surface area contributed by atoms with Crippen molar-refractivity contribution in [3.63, 3.8) is 0 Å². The molecule has 0 radical (unpaired) electrons. The van der Waals surface area contributed by atoms with Crippen LogP contribution in [0, 0.1) is 0 Å². The van der Waals surface area contributed by atoms with E-state index >= 15 is 0 Å². The van der Waals surface area contributed by atoms with Crippen molar-refractivity contribution >= 4 is 69.7 Å². The van der Waals surface area contributed by atoms with Gasteiger partial charge in [0.15, 0.2) is 4.32 Å². The first-order valence-electron chi connectivity index (χ1n) is 12.7. The van der Waals surface area contributed by atoms with Crippen molar-refractivity contribution in [2.75, 3.05) is 4.90 Å². The first kappa shape index (κ1) is 24.6. The SMILES string of the molecule is CC(=O)N1C(=O)/C(=C\c2ccc3c(c2)C2CCCC2N3c2ccc(/C=C/c3cccc(O)c3)cc2)SC1=S. The molecule has 1 N–H and O–H groups in total. The molecule has 38 heavy (non-hydrogen) atoms. The van der Waals surface area contributed by atoms with Crippen LogP contribution < -0.4 is 4.90 Å². The van der Waals surface area contributed by atoms with E-state index in [0.717, 1.165) is 34.4 Å². The highest BCUT2D eigenvalue weighted by molar-refractivity contribution is 8.26. The molecular formula is C31H26N2O3S2. The Morgan fingerprint density at radius 2 is 1.76 bits per heavy atom. The summed E-state index contributed by atoms with van der Waals surface area (Å²) in [7, 11) is 0. The Balaban J connectivity index is 1.27. The average molecular weight is 539 g/mol. The van der Waals surface area contributed by atoms with Gasteiger partial charge in [-0.1, -0.05) is 72.9 Å². The van der Waals surface area contributed by atoms with Crippen molar-refractivity contribution in [2.24, 2.45) is 0 Å². The fourth-order valence-corrected chi connectivity index (χ4v) is 7.10. The van der Waals surface area contributed by atoms with Crippen molar-refractivity contribution in [3.05, 3.63) is 93.9 Å². The summed E-state index contributed by atoms with van der Waals surface area (Å²) in [4.78, 5) is 28.5. The molecule has 2 aliphatic heterocycles. The molecule has 2 heterocycles. The minimum absolute atomic E-state index is 0.260.